The number of carbonyl (C=O) groups is 2. The van der Waals surface area contributed by atoms with E-state index in [1.54, 1.807) is 0 Å². The molecule has 1 spiro atoms. The molecule has 12 atom stereocenters. The molecule has 40 heavy (non-hydrogen) atoms. The zero-order valence-electron chi connectivity index (χ0n) is 24.3. The van der Waals surface area contributed by atoms with E-state index < -0.39 is 29.3 Å². The van der Waals surface area contributed by atoms with Crippen molar-refractivity contribution in [2.45, 2.75) is 139 Å². The highest BCUT2D eigenvalue weighted by Gasteiger charge is 2.71. The van der Waals surface area contributed by atoms with E-state index in [2.05, 4.69) is 5.32 Å². The van der Waals surface area contributed by atoms with Gasteiger partial charge in [-0.05, 0) is 77.6 Å². The molecule has 9 heteroatoms. The first kappa shape index (κ1) is 27.7. The summed E-state index contributed by atoms with van der Waals surface area (Å²) in [5.41, 5.74) is 4.61. The van der Waals surface area contributed by atoms with Gasteiger partial charge in [0.25, 0.3) is 0 Å². The molecule has 224 valence electrons. The Labute approximate surface area is 237 Å². The first-order valence-electron chi connectivity index (χ1n) is 16.1. The minimum atomic E-state index is -0.859. The number of carbonyl (C=O) groups excluding carboxylic acids is 2. The van der Waals surface area contributed by atoms with E-state index in [1.165, 1.54) is 0 Å². The molecule has 2 bridgehead atoms. The molecule has 6 heterocycles. The quantitative estimate of drug-likeness (QED) is 0.348. The van der Waals surface area contributed by atoms with Gasteiger partial charge in [-0.3, -0.25) is 10.5 Å². The second-order valence-corrected chi connectivity index (χ2v) is 14.8. The van der Waals surface area contributed by atoms with Crippen LogP contribution in [-0.4, -0.2) is 77.4 Å². The van der Waals surface area contributed by atoms with E-state index in [-0.39, 0.29) is 60.1 Å². The van der Waals surface area contributed by atoms with E-state index in [4.69, 9.17) is 24.7 Å². The molecular weight excluding hydrogens is 512 g/mol. The SMILES string of the molecule is CC1CC(=O)C2C(CC3OC(C)(C)C4OC(=O)C5(OC5CCC5CC[NH2+]C(N)C5)C5CCC(CC5)C4C3C2O)O1. The summed E-state index contributed by atoms with van der Waals surface area (Å²) in [6, 6.07) is 0. The molecule has 0 aromatic rings. The summed E-state index contributed by atoms with van der Waals surface area (Å²) >= 11 is 0. The van der Waals surface area contributed by atoms with E-state index in [9.17, 15) is 14.7 Å². The van der Waals surface area contributed by atoms with Crippen LogP contribution in [0.2, 0.25) is 0 Å². The molecule has 5 N–H and O–H groups in total. The van der Waals surface area contributed by atoms with Gasteiger partial charge in [0.15, 0.2) is 5.60 Å². The average Bonchev–Trinajstić information content (AvgIpc) is 3.61. The van der Waals surface area contributed by atoms with Crippen molar-refractivity contribution in [3.8, 4) is 0 Å². The lowest BCUT2D eigenvalue weighted by atomic mass is 9.57. The van der Waals surface area contributed by atoms with Gasteiger partial charge in [-0.15, -0.1) is 0 Å². The second-order valence-electron chi connectivity index (χ2n) is 14.8. The van der Waals surface area contributed by atoms with Crippen molar-refractivity contribution < 1.29 is 39.0 Å². The average molecular weight is 562 g/mol. The van der Waals surface area contributed by atoms with Crippen LogP contribution in [0.15, 0.2) is 0 Å². The number of rotatable bonds is 3. The number of aliphatic hydroxyl groups is 1. The van der Waals surface area contributed by atoms with Crippen molar-refractivity contribution in [1.29, 1.82) is 0 Å². The van der Waals surface area contributed by atoms with Crippen molar-refractivity contribution in [1.82, 2.24) is 0 Å². The summed E-state index contributed by atoms with van der Waals surface area (Å²) in [6.45, 7) is 7.04. The van der Waals surface area contributed by atoms with E-state index >= 15 is 0 Å². The summed E-state index contributed by atoms with van der Waals surface area (Å²) in [5.74, 6) is 0.0575. The third-order valence-corrected chi connectivity index (χ3v) is 12.0. The van der Waals surface area contributed by atoms with Crippen LogP contribution in [0.1, 0.15) is 85.0 Å². The molecule has 9 nitrogen and oxygen atoms in total. The van der Waals surface area contributed by atoms with Gasteiger partial charge in [-0.25, -0.2) is 4.79 Å². The topological polar surface area (TPSA) is 137 Å². The Morgan fingerprint density at radius 1 is 1.00 bits per heavy atom. The summed E-state index contributed by atoms with van der Waals surface area (Å²) in [7, 11) is 0. The largest absolute Gasteiger partial charge is 0.457 e. The minimum Gasteiger partial charge on any atom is -0.457 e. The number of ether oxygens (including phenoxy) is 4. The summed E-state index contributed by atoms with van der Waals surface area (Å²) < 4.78 is 25.8. The predicted octanol–water partition coefficient (Wildman–Crippen LogP) is 1.43. The van der Waals surface area contributed by atoms with Gasteiger partial charge < -0.3 is 29.4 Å². The lowest BCUT2D eigenvalue weighted by molar-refractivity contribution is -0.699. The Morgan fingerprint density at radius 3 is 2.52 bits per heavy atom. The third-order valence-electron chi connectivity index (χ3n) is 12.0. The Bertz CT molecular complexity index is 1010. The number of fused-ring (bicyclic) bond motifs is 5. The number of hydrogen-bond donors (Lipinski definition) is 3. The standard InChI is InChI=1S/C31H48N2O7/c1-15-12-19(34)25-20(37-15)14-21-26(27(25)35)24-17-5-7-18(8-6-17)31(29(36)38-28(24)30(2,3)39-21)22(40-31)9-4-16-10-11-33-23(32)13-16/h15-18,20-28,33,35H,4-14,32H2,1-3H3/p+1. The molecule has 6 aliphatic heterocycles. The van der Waals surface area contributed by atoms with Crippen LogP contribution in [0.3, 0.4) is 0 Å². The summed E-state index contributed by atoms with van der Waals surface area (Å²) in [6.07, 6.45) is 6.87. The van der Waals surface area contributed by atoms with Gasteiger partial charge in [0.2, 0.25) is 0 Å². The zero-order chi connectivity index (χ0) is 28.0. The summed E-state index contributed by atoms with van der Waals surface area (Å²) in [4.78, 5) is 27.3. The van der Waals surface area contributed by atoms with Gasteiger partial charge in [-0.1, -0.05) is 0 Å². The molecule has 0 aromatic carbocycles. The van der Waals surface area contributed by atoms with Crippen LogP contribution in [0.4, 0.5) is 0 Å². The molecule has 8 fully saturated rings. The van der Waals surface area contributed by atoms with Gasteiger partial charge in [-0.2, -0.15) is 0 Å². The fourth-order valence-electron chi connectivity index (χ4n) is 10.1. The van der Waals surface area contributed by atoms with Crippen LogP contribution >= 0.6 is 0 Å². The Balaban J connectivity index is 1.14. The monoisotopic (exact) mass is 561 g/mol. The zero-order valence-corrected chi connectivity index (χ0v) is 24.3. The first-order chi connectivity index (χ1) is 19.1. The van der Waals surface area contributed by atoms with E-state index in [1.807, 2.05) is 20.8 Å². The maximum absolute atomic E-state index is 14.1. The molecule has 12 unspecified atom stereocenters. The van der Waals surface area contributed by atoms with Crippen molar-refractivity contribution in [2.24, 2.45) is 41.2 Å². The molecule has 0 aromatic heterocycles. The highest BCUT2D eigenvalue weighted by molar-refractivity contribution is 5.85. The molecule has 0 amide bonds. The first-order valence-corrected chi connectivity index (χ1v) is 16.1. The Morgan fingerprint density at radius 2 is 1.77 bits per heavy atom. The number of nitrogens with two attached hydrogens (primary N) is 2. The number of Topliss-reactive ketones (excluding diaryl/α,β-unsaturated/α-hetero) is 1. The predicted molar refractivity (Wildman–Crippen MR) is 144 cm³/mol. The van der Waals surface area contributed by atoms with Crippen LogP contribution in [0.25, 0.3) is 0 Å². The number of aliphatic hydroxyl groups excluding tert-OH is 1. The molecule has 0 radical (unpaired) electrons. The third kappa shape index (κ3) is 4.41. The number of piperidine rings is 1. The van der Waals surface area contributed by atoms with E-state index in [0.717, 1.165) is 57.9 Å². The van der Waals surface area contributed by atoms with Gasteiger partial charge >= 0.3 is 5.97 Å². The fraction of sp³-hybridized carbons (Fsp3) is 0.935. The number of ketones is 1. The highest BCUT2D eigenvalue weighted by atomic mass is 16.7. The number of epoxide rings is 1. The number of quaternary nitrogens is 1. The highest BCUT2D eigenvalue weighted by Crippen LogP contribution is 2.59. The summed E-state index contributed by atoms with van der Waals surface area (Å²) in [5, 5.41) is 14.0. The van der Waals surface area contributed by atoms with Gasteiger partial charge in [0.05, 0.1) is 43.0 Å². The molecule has 2 saturated carbocycles. The lowest BCUT2D eigenvalue weighted by Crippen LogP contribution is -2.94. The van der Waals surface area contributed by atoms with Crippen LogP contribution in [-0.2, 0) is 28.5 Å². The van der Waals surface area contributed by atoms with Crippen molar-refractivity contribution >= 4 is 11.8 Å². The number of esters is 1. The minimum absolute atomic E-state index is 0.0610. The van der Waals surface area contributed by atoms with Crippen LogP contribution < -0.4 is 11.1 Å². The molecular formula is C31H49N2O7+. The number of hydrogen-bond acceptors (Lipinski definition) is 8. The maximum Gasteiger partial charge on any atom is 0.341 e. The van der Waals surface area contributed by atoms with Crippen molar-refractivity contribution in [3.63, 3.8) is 0 Å². The molecule has 6 saturated heterocycles. The smallest absolute Gasteiger partial charge is 0.341 e. The normalized spacial score (nSPS) is 53.4. The molecule has 8 rings (SSSR count). The van der Waals surface area contributed by atoms with E-state index in [0.29, 0.717) is 24.7 Å². The maximum atomic E-state index is 14.1. The molecule has 8 aliphatic rings. The Hall–Kier alpha value is -1.10. The van der Waals surface area contributed by atoms with Crippen LogP contribution in [0.5, 0.6) is 0 Å². The van der Waals surface area contributed by atoms with Gasteiger partial charge in [0.1, 0.15) is 23.7 Å². The fourth-order valence-corrected chi connectivity index (χ4v) is 10.1. The Kier molecular flexibility index (Phi) is 6.92. The lowest BCUT2D eigenvalue weighted by Gasteiger charge is -2.58. The van der Waals surface area contributed by atoms with Gasteiger partial charge in [0, 0.05) is 37.0 Å². The van der Waals surface area contributed by atoms with Crippen LogP contribution in [0, 0.1) is 35.5 Å². The van der Waals surface area contributed by atoms with Crippen molar-refractivity contribution in [3.05, 3.63) is 0 Å². The van der Waals surface area contributed by atoms with Crippen molar-refractivity contribution in [2.75, 3.05) is 6.54 Å². The second kappa shape index (κ2) is 9.98. The molecule has 2 aliphatic carbocycles.